The lowest BCUT2D eigenvalue weighted by molar-refractivity contribution is -0.126. The maximum absolute atomic E-state index is 12.2. The fraction of sp³-hybridized carbons (Fsp3) is 0.562. The van der Waals surface area contributed by atoms with Crippen LogP contribution in [0.3, 0.4) is 0 Å². The molecule has 0 spiro atoms. The molecule has 0 bridgehead atoms. The summed E-state index contributed by atoms with van der Waals surface area (Å²) >= 11 is 5.99. The predicted octanol–water partition coefficient (Wildman–Crippen LogP) is 3.53. The summed E-state index contributed by atoms with van der Waals surface area (Å²) in [6, 6.07) is 10.2. The Kier molecular flexibility index (Phi) is 5.71. The maximum atomic E-state index is 12.2. The van der Waals surface area contributed by atoms with E-state index in [1.165, 1.54) is 24.8 Å². The van der Waals surface area contributed by atoms with Crippen LogP contribution in [0.5, 0.6) is 0 Å². The molecule has 1 aliphatic rings. The summed E-state index contributed by atoms with van der Waals surface area (Å²) in [7, 11) is 0. The molecule has 2 nitrogen and oxygen atoms in total. The minimum absolute atomic E-state index is 0.0403. The molecule has 1 N–H and O–H groups in total. The molecule has 1 aliphatic carbocycles. The van der Waals surface area contributed by atoms with Crippen LogP contribution in [0.25, 0.3) is 0 Å². The van der Waals surface area contributed by atoms with Crippen LogP contribution in [0.15, 0.2) is 30.3 Å². The topological polar surface area (TPSA) is 29.1 Å². The highest BCUT2D eigenvalue weighted by Gasteiger charge is 2.23. The van der Waals surface area contributed by atoms with Gasteiger partial charge in [-0.3, -0.25) is 4.79 Å². The number of amides is 1. The second-order valence-corrected chi connectivity index (χ2v) is 5.69. The smallest absolute Gasteiger partial charge is 0.223 e. The van der Waals surface area contributed by atoms with E-state index in [4.69, 9.17) is 11.6 Å². The van der Waals surface area contributed by atoms with Crippen molar-refractivity contribution in [1.82, 2.24) is 5.32 Å². The predicted molar refractivity (Wildman–Crippen MR) is 79.4 cm³/mol. The van der Waals surface area contributed by atoms with Crippen molar-refractivity contribution in [3.63, 3.8) is 0 Å². The van der Waals surface area contributed by atoms with Gasteiger partial charge in [-0.2, -0.15) is 0 Å². The highest BCUT2D eigenvalue weighted by atomic mass is 35.5. The van der Waals surface area contributed by atoms with Gasteiger partial charge in [0.05, 0.1) is 0 Å². The van der Waals surface area contributed by atoms with Crippen LogP contribution in [-0.4, -0.2) is 17.8 Å². The van der Waals surface area contributed by atoms with Crippen molar-refractivity contribution >= 4 is 17.5 Å². The standard InChI is InChI=1S/C16H22ClNO/c17-12-15(11-13-7-3-1-4-8-13)18-16(19)14-9-5-2-6-10-14/h1,3-4,7-8,14-15H,2,5-6,9-12H2,(H,18,19)/t15-/m0/s1. The largest absolute Gasteiger partial charge is 0.352 e. The molecular weight excluding hydrogens is 258 g/mol. The van der Waals surface area contributed by atoms with Gasteiger partial charge < -0.3 is 5.32 Å². The highest BCUT2D eigenvalue weighted by Crippen LogP contribution is 2.23. The van der Waals surface area contributed by atoms with Crippen molar-refractivity contribution in [3.8, 4) is 0 Å². The van der Waals surface area contributed by atoms with Gasteiger partial charge in [0.1, 0.15) is 0 Å². The van der Waals surface area contributed by atoms with E-state index in [1.54, 1.807) is 0 Å². The lowest BCUT2D eigenvalue weighted by Crippen LogP contribution is -2.41. The molecule has 0 saturated heterocycles. The molecule has 0 aliphatic heterocycles. The first-order valence-corrected chi connectivity index (χ1v) is 7.73. The van der Waals surface area contributed by atoms with Crippen molar-refractivity contribution < 1.29 is 4.79 Å². The number of carbonyl (C=O) groups excluding carboxylic acids is 1. The fourth-order valence-corrected chi connectivity index (χ4v) is 2.91. The molecule has 19 heavy (non-hydrogen) atoms. The molecule has 1 saturated carbocycles. The molecule has 0 heterocycles. The van der Waals surface area contributed by atoms with Crippen molar-refractivity contribution in [2.45, 2.75) is 44.6 Å². The molecular formula is C16H22ClNO. The molecule has 0 aromatic heterocycles. The van der Waals surface area contributed by atoms with Crippen LogP contribution in [0.2, 0.25) is 0 Å². The summed E-state index contributed by atoms with van der Waals surface area (Å²) in [5.41, 5.74) is 1.22. The third-order valence-corrected chi connectivity index (χ3v) is 4.21. The first-order chi connectivity index (χ1) is 9.29. The van der Waals surface area contributed by atoms with E-state index in [1.807, 2.05) is 18.2 Å². The van der Waals surface area contributed by atoms with Crippen molar-refractivity contribution in [3.05, 3.63) is 35.9 Å². The Hall–Kier alpha value is -1.02. The summed E-state index contributed by atoms with van der Waals surface area (Å²) in [4.78, 5) is 12.2. The summed E-state index contributed by atoms with van der Waals surface area (Å²) in [6.45, 7) is 0. The quantitative estimate of drug-likeness (QED) is 0.821. The molecule has 1 fully saturated rings. The third-order valence-electron chi connectivity index (χ3n) is 3.83. The number of halogens is 1. The Labute approximate surface area is 120 Å². The van der Waals surface area contributed by atoms with Gasteiger partial charge in [-0.25, -0.2) is 0 Å². The lowest BCUT2D eigenvalue weighted by atomic mass is 9.88. The molecule has 1 aromatic rings. The highest BCUT2D eigenvalue weighted by molar-refractivity contribution is 6.18. The van der Waals surface area contributed by atoms with Gasteiger partial charge in [0, 0.05) is 17.8 Å². The van der Waals surface area contributed by atoms with Crippen LogP contribution < -0.4 is 5.32 Å². The molecule has 0 radical (unpaired) electrons. The summed E-state index contributed by atoms with van der Waals surface area (Å²) in [5.74, 6) is 0.865. The molecule has 3 heteroatoms. The molecule has 2 rings (SSSR count). The van der Waals surface area contributed by atoms with E-state index in [0.717, 1.165) is 19.3 Å². The van der Waals surface area contributed by atoms with E-state index >= 15 is 0 Å². The van der Waals surface area contributed by atoms with Crippen molar-refractivity contribution in [2.24, 2.45) is 5.92 Å². The number of carbonyl (C=O) groups is 1. The summed E-state index contributed by atoms with van der Waals surface area (Å²) in [6.07, 6.45) is 6.51. The lowest BCUT2D eigenvalue weighted by Gasteiger charge is -2.24. The third kappa shape index (κ3) is 4.54. The number of rotatable bonds is 5. The van der Waals surface area contributed by atoms with E-state index in [2.05, 4.69) is 17.4 Å². The van der Waals surface area contributed by atoms with Gasteiger partial charge in [-0.05, 0) is 24.8 Å². The Balaban J connectivity index is 1.86. The SMILES string of the molecule is O=C(N[C@H](CCl)Cc1ccccc1)C1CCCCC1. The van der Waals surface area contributed by atoms with Gasteiger partial charge in [-0.1, -0.05) is 49.6 Å². The van der Waals surface area contributed by atoms with Gasteiger partial charge >= 0.3 is 0 Å². The van der Waals surface area contributed by atoms with Gasteiger partial charge in [-0.15, -0.1) is 11.6 Å². The van der Waals surface area contributed by atoms with Crippen molar-refractivity contribution in [2.75, 3.05) is 5.88 Å². The average molecular weight is 280 g/mol. The zero-order valence-corrected chi connectivity index (χ0v) is 12.0. The second-order valence-electron chi connectivity index (χ2n) is 5.38. The molecule has 1 aromatic carbocycles. The number of nitrogens with one attached hydrogen (secondary N) is 1. The zero-order valence-electron chi connectivity index (χ0n) is 11.3. The van der Waals surface area contributed by atoms with Gasteiger partial charge in [0.2, 0.25) is 5.91 Å². The van der Waals surface area contributed by atoms with Gasteiger partial charge in [0.25, 0.3) is 0 Å². The van der Waals surface area contributed by atoms with E-state index in [9.17, 15) is 4.79 Å². The number of alkyl halides is 1. The van der Waals surface area contributed by atoms with E-state index < -0.39 is 0 Å². The molecule has 104 valence electrons. The monoisotopic (exact) mass is 279 g/mol. The molecule has 1 atom stereocenters. The Morgan fingerprint density at radius 3 is 2.53 bits per heavy atom. The Morgan fingerprint density at radius 2 is 1.89 bits per heavy atom. The van der Waals surface area contributed by atoms with Crippen molar-refractivity contribution in [1.29, 1.82) is 0 Å². The minimum atomic E-state index is 0.0403. The Bertz CT molecular complexity index is 387. The maximum Gasteiger partial charge on any atom is 0.223 e. The first kappa shape index (κ1) is 14.4. The fourth-order valence-electron chi connectivity index (χ4n) is 2.73. The first-order valence-electron chi connectivity index (χ1n) is 7.20. The minimum Gasteiger partial charge on any atom is -0.352 e. The summed E-state index contributed by atoms with van der Waals surface area (Å²) in [5, 5.41) is 3.11. The van der Waals surface area contributed by atoms with E-state index in [-0.39, 0.29) is 17.9 Å². The van der Waals surface area contributed by atoms with E-state index in [0.29, 0.717) is 5.88 Å². The molecule has 1 amide bonds. The average Bonchev–Trinajstić information content (AvgIpc) is 2.48. The normalized spacial score (nSPS) is 17.9. The van der Waals surface area contributed by atoms with Gasteiger partial charge in [0.15, 0.2) is 0 Å². The number of hydrogen-bond donors (Lipinski definition) is 1. The van der Waals surface area contributed by atoms with Crippen LogP contribution in [0, 0.1) is 5.92 Å². The Morgan fingerprint density at radius 1 is 1.21 bits per heavy atom. The van der Waals surface area contributed by atoms with Crippen LogP contribution >= 0.6 is 11.6 Å². The zero-order chi connectivity index (χ0) is 13.5. The number of hydrogen-bond acceptors (Lipinski definition) is 1. The van der Waals surface area contributed by atoms with Crippen LogP contribution in [0.1, 0.15) is 37.7 Å². The van der Waals surface area contributed by atoms with Crippen LogP contribution in [0.4, 0.5) is 0 Å². The summed E-state index contributed by atoms with van der Waals surface area (Å²) < 4.78 is 0. The second kappa shape index (κ2) is 7.54. The molecule has 0 unspecified atom stereocenters. The number of benzene rings is 1. The van der Waals surface area contributed by atoms with Crippen LogP contribution in [-0.2, 0) is 11.2 Å².